The first-order valence-electron chi connectivity index (χ1n) is 6.53. The molecule has 1 aromatic carbocycles. The highest BCUT2D eigenvalue weighted by Gasteiger charge is 2.17. The van der Waals surface area contributed by atoms with E-state index >= 15 is 0 Å². The molecule has 2 unspecified atom stereocenters. The molecule has 0 radical (unpaired) electrons. The summed E-state index contributed by atoms with van der Waals surface area (Å²) in [6, 6.07) is 9.54. The third-order valence-corrected chi connectivity index (χ3v) is 3.61. The average Bonchev–Trinajstić information content (AvgIpc) is 2.27. The normalized spacial score (nSPS) is 25.6. The predicted octanol–water partition coefficient (Wildman–Crippen LogP) is 3.66. The van der Waals surface area contributed by atoms with Crippen LogP contribution in [0.1, 0.15) is 43.7 Å². The van der Waals surface area contributed by atoms with Crippen LogP contribution in [-0.2, 0) is 6.54 Å². The molecule has 16 heavy (non-hydrogen) atoms. The molecule has 0 aromatic heterocycles. The zero-order valence-electron chi connectivity index (χ0n) is 10.5. The Bertz CT molecular complexity index is 332. The lowest BCUT2D eigenvalue weighted by atomic mass is 9.87. The van der Waals surface area contributed by atoms with Gasteiger partial charge in [0.05, 0.1) is 0 Å². The van der Waals surface area contributed by atoms with E-state index in [0.29, 0.717) is 0 Å². The van der Waals surface area contributed by atoms with Crippen molar-refractivity contribution in [3.05, 3.63) is 35.4 Å². The summed E-state index contributed by atoms with van der Waals surface area (Å²) in [5.74, 6) is 0.906. The summed E-state index contributed by atoms with van der Waals surface area (Å²) in [5.41, 5.74) is 2.77. The highest BCUT2D eigenvalue weighted by molar-refractivity contribution is 5.22. The summed E-state index contributed by atoms with van der Waals surface area (Å²) in [4.78, 5) is 0. The van der Waals surface area contributed by atoms with Gasteiger partial charge in [-0.3, -0.25) is 0 Å². The molecule has 0 saturated heterocycles. The Hall–Kier alpha value is -0.820. The third kappa shape index (κ3) is 3.34. The summed E-state index contributed by atoms with van der Waals surface area (Å²) in [7, 11) is 0. The molecular formula is C15H23N. The molecule has 2 atom stereocenters. The SMILES string of the molecule is Cc1cccc(CNC2CCCC(C)C2)c1. The van der Waals surface area contributed by atoms with Crippen molar-refractivity contribution in [2.45, 2.75) is 52.1 Å². The van der Waals surface area contributed by atoms with Crippen LogP contribution in [0.3, 0.4) is 0 Å². The Morgan fingerprint density at radius 1 is 1.31 bits per heavy atom. The molecule has 0 spiro atoms. The Kier molecular flexibility index (Phi) is 4.00. The first-order chi connectivity index (χ1) is 7.74. The highest BCUT2D eigenvalue weighted by Crippen LogP contribution is 2.23. The van der Waals surface area contributed by atoms with Gasteiger partial charge in [0.1, 0.15) is 0 Å². The van der Waals surface area contributed by atoms with Gasteiger partial charge in [0.25, 0.3) is 0 Å². The lowest BCUT2D eigenvalue weighted by Gasteiger charge is -2.27. The second-order valence-electron chi connectivity index (χ2n) is 5.34. The van der Waals surface area contributed by atoms with E-state index in [4.69, 9.17) is 0 Å². The van der Waals surface area contributed by atoms with Crippen molar-refractivity contribution in [2.24, 2.45) is 5.92 Å². The van der Waals surface area contributed by atoms with Crippen LogP contribution in [0.5, 0.6) is 0 Å². The number of rotatable bonds is 3. The first-order valence-corrected chi connectivity index (χ1v) is 6.53. The molecule has 0 amide bonds. The standard InChI is InChI=1S/C15H23N/c1-12-5-3-7-14(9-12)11-16-15-8-4-6-13(2)10-15/h3,5,7,9,13,15-16H,4,6,8,10-11H2,1-2H3. The number of aryl methyl sites for hydroxylation is 1. The number of hydrogen-bond donors (Lipinski definition) is 1. The monoisotopic (exact) mass is 217 g/mol. The van der Waals surface area contributed by atoms with E-state index in [1.807, 2.05) is 0 Å². The Morgan fingerprint density at radius 2 is 2.19 bits per heavy atom. The van der Waals surface area contributed by atoms with Gasteiger partial charge < -0.3 is 5.32 Å². The maximum absolute atomic E-state index is 3.70. The topological polar surface area (TPSA) is 12.0 Å². The molecular weight excluding hydrogens is 194 g/mol. The van der Waals surface area contributed by atoms with Crippen molar-refractivity contribution < 1.29 is 0 Å². The van der Waals surface area contributed by atoms with Crippen LogP contribution >= 0.6 is 0 Å². The molecule has 88 valence electrons. The van der Waals surface area contributed by atoms with Crippen LogP contribution in [0.25, 0.3) is 0 Å². The predicted molar refractivity (Wildman–Crippen MR) is 69.4 cm³/mol. The lowest BCUT2D eigenvalue weighted by Crippen LogP contribution is -2.33. The largest absolute Gasteiger partial charge is 0.310 e. The van der Waals surface area contributed by atoms with Crippen LogP contribution < -0.4 is 5.32 Å². The first kappa shape index (κ1) is 11.7. The van der Waals surface area contributed by atoms with Gasteiger partial charge in [-0.2, -0.15) is 0 Å². The van der Waals surface area contributed by atoms with E-state index < -0.39 is 0 Å². The van der Waals surface area contributed by atoms with E-state index in [9.17, 15) is 0 Å². The summed E-state index contributed by atoms with van der Waals surface area (Å²) in [6.45, 7) is 5.56. The van der Waals surface area contributed by atoms with Gasteiger partial charge in [-0.1, -0.05) is 49.6 Å². The minimum atomic E-state index is 0.740. The minimum Gasteiger partial charge on any atom is -0.310 e. The van der Waals surface area contributed by atoms with Crippen LogP contribution in [0.4, 0.5) is 0 Å². The fourth-order valence-electron chi connectivity index (χ4n) is 2.70. The van der Waals surface area contributed by atoms with E-state index in [-0.39, 0.29) is 0 Å². The zero-order chi connectivity index (χ0) is 11.4. The highest BCUT2D eigenvalue weighted by atomic mass is 14.9. The molecule has 1 nitrogen and oxygen atoms in total. The van der Waals surface area contributed by atoms with Crippen LogP contribution in [0, 0.1) is 12.8 Å². The van der Waals surface area contributed by atoms with Gasteiger partial charge >= 0.3 is 0 Å². The molecule has 1 heteroatoms. The van der Waals surface area contributed by atoms with Crippen molar-refractivity contribution in [3.63, 3.8) is 0 Å². The molecule has 1 aromatic rings. The van der Waals surface area contributed by atoms with E-state index in [0.717, 1.165) is 18.5 Å². The summed E-state index contributed by atoms with van der Waals surface area (Å²) in [6.07, 6.45) is 5.53. The van der Waals surface area contributed by atoms with Gasteiger partial charge in [-0.25, -0.2) is 0 Å². The third-order valence-electron chi connectivity index (χ3n) is 3.61. The molecule has 2 rings (SSSR count). The number of benzene rings is 1. The molecule has 1 aliphatic carbocycles. The maximum Gasteiger partial charge on any atom is 0.0208 e. The Morgan fingerprint density at radius 3 is 2.94 bits per heavy atom. The van der Waals surface area contributed by atoms with Crippen molar-refractivity contribution in [3.8, 4) is 0 Å². The average molecular weight is 217 g/mol. The Labute approximate surface area is 99.3 Å². The van der Waals surface area contributed by atoms with Gasteiger partial charge in [0.2, 0.25) is 0 Å². The van der Waals surface area contributed by atoms with Crippen LogP contribution in [0.2, 0.25) is 0 Å². The van der Waals surface area contributed by atoms with Gasteiger partial charge in [-0.15, -0.1) is 0 Å². The molecule has 1 aliphatic rings. The van der Waals surface area contributed by atoms with Gasteiger partial charge in [-0.05, 0) is 31.2 Å². The minimum absolute atomic E-state index is 0.740. The van der Waals surface area contributed by atoms with Gasteiger partial charge in [0, 0.05) is 12.6 Å². The lowest BCUT2D eigenvalue weighted by molar-refractivity contribution is 0.300. The molecule has 0 heterocycles. The molecule has 0 bridgehead atoms. The maximum atomic E-state index is 3.70. The molecule has 1 N–H and O–H groups in total. The quantitative estimate of drug-likeness (QED) is 0.814. The van der Waals surface area contributed by atoms with E-state index in [2.05, 4.69) is 43.4 Å². The van der Waals surface area contributed by atoms with Crippen LogP contribution in [-0.4, -0.2) is 6.04 Å². The van der Waals surface area contributed by atoms with E-state index in [1.54, 1.807) is 0 Å². The number of nitrogens with one attached hydrogen (secondary N) is 1. The number of hydrogen-bond acceptors (Lipinski definition) is 1. The summed E-state index contributed by atoms with van der Waals surface area (Å²) in [5, 5.41) is 3.70. The zero-order valence-corrected chi connectivity index (χ0v) is 10.5. The van der Waals surface area contributed by atoms with Crippen LogP contribution in [0.15, 0.2) is 24.3 Å². The van der Waals surface area contributed by atoms with Crippen molar-refractivity contribution >= 4 is 0 Å². The summed E-state index contributed by atoms with van der Waals surface area (Å²) >= 11 is 0. The van der Waals surface area contributed by atoms with Gasteiger partial charge in [0.15, 0.2) is 0 Å². The second kappa shape index (κ2) is 5.49. The van der Waals surface area contributed by atoms with Crippen molar-refractivity contribution in [1.29, 1.82) is 0 Å². The fraction of sp³-hybridized carbons (Fsp3) is 0.600. The Balaban J connectivity index is 1.82. The molecule has 1 fully saturated rings. The smallest absolute Gasteiger partial charge is 0.0208 e. The second-order valence-corrected chi connectivity index (χ2v) is 5.34. The summed E-state index contributed by atoms with van der Waals surface area (Å²) < 4.78 is 0. The van der Waals surface area contributed by atoms with Crippen molar-refractivity contribution in [1.82, 2.24) is 5.32 Å². The molecule has 1 saturated carbocycles. The fourth-order valence-corrected chi connectivity index (χ4v) is 2.70. The van der Waals surface area contributed by atoms with Crippen molar-refractivity contribution in [2.75, 3.05) is 0 Å². The van der Waals surface area contributed by atoms with E-state index in [1.165, 1.54) is 36.8 Å². The molecule has 0 aliphatic heterocycles.